The van der Waals surface area contributed by atoms with Gasteiger partial charge in [-0.05, 0) is 30.4 Å². The van der Waals surface area contributed by atoms with Crippen molar-refractivity contribution in [3.8, 4) is 0 Å². The van der Waals surface area contributed by atoms with Gasteiger partial charge in [-0.2, -0.15) is 5.10 Å². The average Bonchev–Trinajstić information content (AvgIpc) is 2.80. The predicted molar refractivity (Wildman–Crippen MR) is 80.2 cm³/mol. The molecule has 0 radical (unpaired) electrons. The number of nitrogens with one attached hydrogen (secondary N) is 2. The van der Waals surface area contributed by atoms with Gasteiger partial charge in [-0.1, -0.05) is 19.9 Å². The molecular formula is C14H17FN4OS. The van der Waals surface area contributed by atoms with Crippen LogP contribution in [0.4, 0.5) is 4.39 Å². The first-order valence-electron chi connectivity index (χ1n) is 6.68. The fourth-order valence-electron chi connectivity index (χ4n) is 2.00. The maximum atomic E-state index is 13.1. The third-order valence-corrected chi connectivity index (χ3v) is 3.32. The number of hydrogen-bond donors (Lipinski definition) is 2. The highest BCUT2D eigenvalue weighted by atomic mass is 32.1. The van der Waals surface area contributed by atoms with Crippen molar-refractivity contribution in [2.24, 2.45) is 0 Å². The summed E-state index contributed by atoms with van der Waals surface area (Å²) in [7, 11) is 0. The van der Waals surface area contributed by atoms with Crippen LogP contribution in [0.5, 0.6) is 0 Å². The Morgan fingerprint density at radius 3 is 2.95 bits per heavy atom. The van der Waals surface area contributed by atoms with Crippen LogP contribution in [0.3, 0.4) is 0 Å². The van der Waals surface area contributed by atoms with E-state index in [9.17, 15) is 9.18 Å². The van der Waals surface area contributed by atoms with Crippen molar-refractivity contribution in [3.05, 3.63) is 46.2 Å². The number of aromatic nitrogens is 3. The minimum Gasteiger partial charge on any atom is -0.350 e. The van der Waals surface area contributed by atoms with Gasteiger partial charge in [0.05, 0.1) is 0 Å². The predicted octanol–water partition coefficient (Wildman–Crippen LogP) is 2.63. The normalized spacial score (nSPS) is 10.9. The third-order valence-electron chi connectivity index (χ3n) is 3.01. The van der Waals surface area contributed by atoms with Crippen molar-refractivity contribution in [2.45, 2.75) is 26.3 Å². The molecule has 5 nitrogen and oxygen atoms in total. The van der Waals surface area contributed by atoms with E-state index >= 15 is 0 Å². The number of amides is 1. The average molecular weight is 308 g/mol. The highest BCUT2D eigenvalue weighted by molar-refractivity contribution is 7.71. The molecular weight excluding hydrogens is 291 g/mol. The van der Waals surface area contributed by atoms with E-state index in [0.717, 1.165) is 5.82 Å². The maximum Gasteiger partial charge on any atom is 0.251 e. The summed E-state index contributed by atoms with van der Waals surface area (Å²) in [4.78, 5) is 11.9. The van der Waals surface area contributed by atoms with E-state index < -0.39 is 5.82 Å². The number of carbonyl (C=O) groups is 1. The van der Waals surface area contributed by atoms with E-state index in [1.54, 1.807) is 6.07 Å². The summed E-state index contributed by atoms with van der Waals surface area (Å²) >= 11 is 5.16. The van der Waals surface area contributed by atoms with Crippen LogP contribution in [-0.4, -0.2) is 27.2 Å². The Morgan fingerprint density at radius 1 is 1.52 bits per heavy atom. The van der Waals surface area contributed by atoms with Crippen molar-refractivity contribution < 1.29 is 9.18 Å². The number of H-pyrrole nitrogens is 1. The Balaban J connectivity index is 1.97. The number of carbonyl (C=O) groups excluding carboxylic acids is 1. The zero-order valence-electron chi connectivity index (χ0n) is 11.9. The van der Waals surface area contributed by atoms with E-state index in [0.29, 0.717) is 23.4 Å². The summed E-state index contributed by atoms with van der Waals surface area (Å²) in [5.41, 5.74) is 0.301. The highest BCUT2D eigenvalue weighted by Crippen LogP contribution is 2.11. The Bertz CT molecular complexity index is 692. The first-order chi connectivity index (χ1) is 9.99. The molecule has 112 valence electrons. The molecule has 1 amide bonds. The summed E-state index contributed by atoms with van der Waals surface area (Å²) in [6.45, 7) is 4.95. The Morgan fingerprint density at radius 2 is 2.29 bits per heavy atom. The second-order valence-electron chi connectivity index (χ2n) is 4.96. The second kappa shape index (κ2) is 6.62. The Kier molecular flexibility index (Phi) is 4.85. The molecule has 2 aromatic rings. The van der Waals surface area contributed by atoms with Gasteiger partial charge in [0.2, 0.25) is 0 Å². The SMILES string of the molecule is CC(C)c1n[nH]c(=S)n1CCNC(=O)c1cccc(F)c1. The lowest BCUT2D eigenvalue weighted by Crippen LogP contribution is -2.27. The molecule has 0 bridgehead atoms. The van der Waals surface area contributed by atoms with Gasteiger partial charge in [0.15, 0.2) is 4.77 Å². The molecule has 2 N–H and O–H groups in total. The topological polar surface area (TPSA) is 62.7 Å². The first-order valence-corrected chi connectivity index (χ1v) is 7.08. The molecule has 21 heavy (non-hydrogen) atoms. The smallest absolute Gasteiger partial charge is 0.251 e. The summed E-state index contributed by atoms with van der Waals surface area (Å²) in [5.74, 6) is 0.342. The Labute approximate surface area is 127 Å². The zero-order chi connectivity index (χ0) is 15.4. The fourth-order valence-corrected chi connectivity index (χ4v) is 2.23. The molecule has 0 unspecified atom stereocenters. The molecule has 2 rings (SSSR count). The number of nitrogens with zero attached hydrogens (tertiary/aromatic N) is 2. The van der Waals surface area contributed by atoms with Crippen molar-refractivity contribution in [2.75, 3.05) is 6.54 Å². The van der Waals surface area contributed by atoms with Gasteiger partial charge in [-0.3, -0.25) is 9.89 Å². The van der Waals surface area contributed by atoms with E-state index in [4.69, 9.17) is 12.2 Å². The number of benzene rings is 1. The van der Waals surface area contributed by atoms with Crippen molar-refractivity contribution in [3.63, 3.8) is 0 Å². The van der Waals surface area contributed by atoms with Crippen molar-refractivity contribution in [1.82, 2.24) is 20.1 Å². The van der Waals surface area contributed by atoms with E-state index in [1.807, 2.05) is 18.4 Å². The van der Waals surface area contributed by atoms with E-state index in [1.165, 1.54) is 18.2 Å². The van der Waals surface area contributed by atoms with E-state index in [2.05, 4.69) is 15.5 Å². The lowest BCUT2D eigenvalue weighted by atomic mass is 10.2. The zero-order valence-corrected chi connectivity index (χ0v) is 12.7. The molecule has 0 atom stereocenters. The van der Waals surface area contributed by atoms with Crippen LogP contribution in [-0.2, 0) is 6.54 Å². The summed E-state index contributed by atoms with van der Waals surface area (Å²) < 4.78 is 15.4. The molecule has 0 aliphatic carbocycles. The van der Waals surface area contributed by atoms with Crippen molar-refractivity contribution in [1.29, 1.82) is 0 Å². The van der Waals surface area contributed by atoms with Crippen LogP contribution < -0.4 is 5.32 Å². The van der Waals surface area contributed by atoms with Crippen LogP contribution in [0.1, 0.15) is 35.9 Å². The van der Waals surface area contributed by atoms with Crippen molar-refractivity contribution >= 4 is 18.1 Å². The molecule has 0 saturated heterocycles. The molecule has 0 saturated carbocycles. The summed E-state index contributed by atoms with van der Waals surface area (Å²) in [6.07, 6.45) is 0. The monoisotopic (exact) mass is 308 g/mol. The minimum atomic E-state index is -0.429. The minimum absolute atomic E-state index is 0.233. The fraction of sp³-hybridized carbons (Fsp3) is 0.357. The van der Waals surface area contributed by atoms with Gasteiger partial charge < -0.3 is 9.88 Å². The van der Waals surface area contributed by atoms with Gasteiger partial charge >= 0.3 is 0 Å². The molecule has 1 aromatic carbocycles. The molecule has 1 aromatic heterocycles. The van der Waals surface area contributed by atoms with Crippen LogP contribution >= 0.6 is 12.2 Å². The summed E-state index contributed by atoms with van der Waals surface area (Å²) in [6, 6.07) is 5.59. The number of aromatic amines is 1. The number of halogens is 1. The van der Waals surface area contributed by atoms with Crippen LogP contribution in [0.25, 0.3) is 0 Å². The largest absolute Gasteiger partial charge is 0.350 e. The molecule has 1 heterocycles. The lowest BCUT2D eigenvalue weighted by molar-refractivity contribution is 0.0951. The Hall–Kier alpha value is -2.02. The standard InChI is InChI=1S/C14H17FN4OS/c1-9(2)12-17-18-14(21)19(12)7-6-16-13(20)10-4-3-5-11(15)8-10/h3-5,8-9H,6-7H2,1-2H3,(H,16,20)(H,18,21). The van der Waals surface area contributed by atoms with Crippen LogP contribution in [0.15, 0.2) is 24.3 Å². The molecule has 0 fully saturated rings. The summed E-state index contributed by atoms with van der Waals surface area (Å²) in [5, 5.41) is 9.66. The van der Waals surface area contributed by atoms with Gasteiger partial charge in [-0.25, -0.2) is 4.39 Å². The molecule has 0 aliphatic heterocycles. The molecule has 0 spiro atoms. The maximum absolute atomic E-state index is 13.1. The van der Waals surface area contributed by atoms with Gasteiger partial charge in [0.25, 0.3) is 5.91 Å². The second-order valence-corrected chi connectivity index (χ2v) is 5.35. The van der Waals surface area contributed by atoms with Gasteiger partial charge in [0, 0.05) is 24.6 Å². The van der Waals surface area contributed by atoms with Gasteiger partial charge in [-0.15, -0.1) is 0 Å². The lowest BCUT2D eigenvalue weighted by Gasteiger charge is -2.10. The van der Waals surface area contributed by atoms with Gasteiger partial charge in [0.1, 0.15) is 11.6 Å². The first kappa shape index (κ1) is 15.4. The van der Waals surface area contributed by atoms with Crippen LogP contribution in [0, 0.1) is 10.6 Å². The van der Waals surface area contributed by atoms with Crippen LogP contribution in [0.2, 0.25) is 0 Å². The highest BCUT2D eigenvalue weighted by Gasteiger charge is 2.10. The number of hydrogen-bond acceptors (Lipinski definition) is 3. The quantitative estimate of drug-likeness (QED) is 0.835. The third kappa shape index (κ3) is 3.75. The molecule has 7 heteroatoms. The molecule has 0 aliphatic rings. The number of rotatable bonds is 5. The van der Waals surface area contributed by atoms with E-state index in [-0.39, 0.29) is 11.8 Å².